The van der Waals surface area contributed by atoms with E-state index in [1.54, 1.807) is 13.3 Å². The number of anilines is 1. The summed E-state index contributed by atoms with van der Waals surface area (Å²) in [4.78, 5) is 20.3. The molecule has 2 rings (SSSR count). The SMILES string of the molecule is CCC(C)N(CCOC)C(=O)c1sc2ncccc2c1N. The number of thiophene rings is 1. The molecule has 2 heterocycles. The van der Waals surface area contributed by atoms with Crippen molar-refractivity contribution in [3.63, 3.8) is 0 Å². The van der Waals surface area contributed by atoms with E-state index in [-0.39, 0.29) is 11.9 Å². The average molecular weight is 307 g/mol. The number of nitrogens with two attached hydrogens (primary N) is 1. The Bertz CT molecular complexity index is 626. The second-order valence-corrected chi connectivity index (χ2v) is 5.95. The Kier molecular flexibility index (Phi) is 5.14. The fourth-order valence-electron chi connectivity index (χ4n) is 2.17. The van der Waals surface area contributed by atoms with Gasteiger partial charge in [-0.05, 0) is 25.5 Å². The summed E-state index contributed by atoms with van der Waals surface area (Å²) in [6.45, 7) is 5.17. The first-order valence-corrected chi connectivity index (χ1v) is 7.84. The van der Waals surface area contributed by atoms with Gasteiger partial charge in [-0.3, -0.25) is 4.79 Å². The van der Waals surface area contributed by atoms with Crippen molar-refractivity contribution in [3.05, 3.63) is 23.2 Å². The minimum atomic E-state index is -0.0399. The Hall–Kier alpha value is -1.66. The van der Waals surface area contributed by atoms with Crippen LogP contribution in [0.5, 0.6) is 0 Å². The molecule has 5 nitrogen and oxygen atoms in total. The van der Waals surface area contributed by atoms with Gasteiger partial charge in [-0.1, -0.05) is 6.92 Å². The number of pyridine rings is 1. The van der Waals surface area contributed by atoms with Crippen molar-refractivity contribution in [2.45, 2.75) is 26.3 Å². The molecule has 1 unspecified atom stereocenters. The molecule has 21 heavy (non-hydrogen) atoms. The van der Waals surface area contributed by atoms with Crippen molar-refractivity contribution in [2.24, 2.45) is 0 Å². The highest BCUT2D eigenvalue weighted by Gasteiger charge is 2.25. The van der Waals surface area contributed by atoms with E-state index in [2.05, 4.69) is 11.9 Å². The number of ether oxygens (including phenoxy) is 1. The van der Waals surface area contributed by atoms with Gasteiger partial charge >= 0.3 is 0 Å². The zero-order valence-electron chi connectivity index (χ0n) is 12.6. The van der Waals surface area contributed by atoms with E-state index in [1.165, 1.54) is 11.3 Å². The van der Waals surface area contributed by atoms with Crippen LogP contribution in [0.1, 0.15) is 29.9 Å². The maximum absolute atomic E-state index is 12.8. The van der Waals surface area contributed by atoms with Crippen molar-refractivity contribution >= 4 is 33.1 Å². The van der Waals surface area contributed by atoms with E-state index >= 15 is 0 Å². The summed E-state index contributed by atoms with van der Waals surface area (Å²) >= 11 is 1.35. The molecule has 6 heteroatoms. The van der Waals surface area contributed by atoms with E-state index in [1.807, 2.05) is 24.0 Å². The van der Waals surface area contributed by atoms with Crippen molar-refractivity contribution < 1.29 is 9.53 Å². The zero-order chi connectivity index (χ0) is 15.4. The summed E-state index contributed by atoms with van der Waals surface area (Å²) < 4.78 is 5.11. The third-order valence-electron chi connectivity index (χ3n) is 3.62. The summed E-state index contributed by atoms with van der Waals surface area (Å²) in [7, 11) is 1.64. The van der Waals surface area contributed by atoms with Crippen LogP contribution < -0.4 is 5.73 Å². The Morgan fingerprint density at radius 2 is 2.33 bits per heavy atom. The van der Waals surface area contributed by atoms with Gasteiger partial charge in [0, 0.05) is 31.3 Å². The van der Waals surface area contributed by atoms with Gasteiger partial charge in [0.25, 0.3) is 5.91 Å². The standard InChI is InChI=1S/C15H21N3O2S/c1-4-10(2)18(8-9-20-3)15(19)13-12(16)11-6-5-7-17-14(11)21-13/h5-7,10H,4,8-9,16H2,1-3H3. The normalized spacial score (nSPS) is 12.5. The van der Waals surface area contributed by atoms with Crippen LogP contribution in [0.15, 0.2) is 18.3 Å². The molecule has 0 fully saturated rings. The van der Waals surface area contributed by atoms with Crippen LogP contribution in [0.2, 0.25) is 0 Å². The lowest BCUT2D eigenvalue weighted by Gasteiger charge is -2.28. The van der Waals surface area contributed by atoms with E-state index < -0.39 is 0 Å². The summed E-state index contributed by atoms with van der Waals surface area (Å²) in [6.07, 6.45) is 2.60. The summed E-state index contributed by atoms with van der Waals surface area (Å²) in [6, 6.07) is 3.87. The number of amides is 1. The minimum absolute atomic E-state index is 0.0399. The lowest BCUT2D eigenvalue weighted by atomic mass is 10.2. The Labute approximate surface area is 128 Å². The number of fused-ring (bicyclic) bond motifs is 1. The number of carbonyl (C=O) groups excluding carboxylic acids is 1. The average Bonchev–Trinajstić information content (AvgIpc) is 2.84. The minimum Gasteiger partial charge on any atom is -0.397 e. The lowest BCUT2D eigenvalue weighted by molar-refractivity contribution is 0.0620. The van der Waals surface area contributed by atoms with Crippen LogP contribution in [0.4, 0.5) is 5.69 Å². The smallest absolute Gasteiger partial charge is 0.266 e. The van der Waals surface area contributed by atoms with Gasteiger partial charge in [-0.2, -0.15) is 0 Å². The molecular formula is C15H21N3O2S. The zero-order valence-corrected chi connectivity index (χ0v) is 13.4. The number of nitrogen functional groups attached to an aromatic ring is 1. The van der Waals surface area contributed by atoms with Crippen molar-refractivity contribution in [1.29, 1.82) is 0 Å². The Balaban J connectivity index is 2.35. The molecular weight excluding hydrogens is 286 g/mol. The Morgan fingerprint density at radius 3 is 2.95 bits per heavy atom. The van der Waals surface area contributed by atoms with Gasteiger partial charge < -0.3 is 15.4 Å². The Morgan fingerprint density at radius 1 is 1.57 bits per heavy atom. The highest BCUT2D eigenvalue weighted by Crippen LogP contribution is 2.33. The number of hydrogen-bond donors (Lipinski definition) is 1. The quantitative estimate of drug-likeness (QED) is 0.891. The first-order chi connectivity index (χ1) is 10.1. The molecule has 0 saturated heterocycles. The maximum Gasteiger partial charge on any atom is 0.266 e. The molecule has 1 amide bonds. The van der Waals surface area contributed by atoms with Gasteiger partial charge in [0.05, 0.1) is 12.3 Å². The van der Waals surface area contributed by atoms with Crippen LogP contribution in [-0.2, 0) is 4.74 Å². The van der Waals surface area contributed by atoms with Crippen molar-refractivity contribution in [1.82, 2.24) is 9.88 Å². The number of aromatic nitrogens is 1. The van der Waals surface area contributed by atoms with Crippen LogP contribution in [0, 0.1) is 0 Å². The van der Waals surface area contributed by atoms with E-state index in [0.29, 0.717) is 23.7 Å². The van der Waals surface area contributed by atoms with E-state index in [0.717, 1.165) is 16.6 Å². The third kappa shape index (κ3) is 3.16. The van der Waals surface area contributed by atoms with Crippen molar-refractivity contribution in [2.75, 3.05) is 26.0 Å². The van der Waals surface area contributed by atoms with Gasteiger partial charge in [0.1, 0.15) is 9.71 Å². The molecule has 2 aromatic rings. The summed E-state index contributed by atoms with van der Waals surface area (Å²) in [5.74, 6) is -0.0399. The number of hydrogen-bond acceptors (Lipinski definition) is 5. The fourth-order valence-corrected chi connectivity index (χ4v) is 3.19. The van der Waals surface area contributed by atoms with E-state index in [4.69, 9.17) is 10.5 Å². The van der Waals surface area contributed by atoms with E-state index in [9.17, 15) is 4.79 Å². The topological polar surface area (TPSA) is 68.5 Å². The molecule has 0 radical (unpaired) electrons. The van der Waals surface area contributed by atoms with Gasteiger partial charge in [-0.15, -0.1) is 11.3 Å². The molecule has 0 aromatic carbocycles. The second kappa shape index (κ2) is 6.87. The van der Waals surface area contributed by atoms with Crippen LogP contribution in [-0.4, -0.2) is 42.1 Å². The predicted octanol–water partition coefficient (Wildman–Crippen LogP) is 2.77. The highest BCUT2D eigenvalue weighted by atomic mass is 32.1. The van der Waals surface area contributed by atoms with Crippen LogP contribution in [0.3, 0.4) is 0 Å². The molecule has 1 atom stereocenters. The predicted molar refractivity (Wildman–Crippen MR) is 86.7 cm³/mol. The molecule has 0 saturated carbocycles. The van der Waals surface area contributed by atoms with Crippen LogP contribution >= 0.6 is 11.3 Å². The maximum atomic E-state index is 12.8. The molecule has 0 aliphatic carbocycles. The molecule has 0 aliphatic heterocycles. The summed E-state index contributed by atoms with van der Waals surface area (Å²) in [5, 5.41) is 0.849. The number of methoxy groups -OCH3 is 1. The molecule has 114 valence electrons. The number of rotatable bonds is 6. The monoisotopic (exact) mass is 307 g/mol. The molecule has 2 N–H and O–H groups in total. The molecule has 0 bridgehead atoms. The third-order valence-corrected chi connectivity index (χ3v) is 4.74. The van der Waals surface area contributed by atoms with Gasteiger partial charge in [0.15, 0.2) is 0 Å². The first-order valence-electron chi connectivity index (χ1n) is 7.03. The largest absolute Gasteiger partial charge is 0.397 e. The summed E-state index contributed by atoms with van der Waals surface area (Å²) in [5.41, 5.74) is 6.67. The second-order valence-electron chi connectivity index (χ2n) is 4.95. The number of nitrogens with zero attached hydrogens (tertiary/aromatic N) is 2. The lowest BCUT2D eigenvalue weighted by Crippen LogP contribution is -2.40. The first kappa shape index (κ1) is 15.7. The fraction of sp³-hybridized carbons (Fsp3) is 0.467. The highest BCUT2D eigenvalue weighted by molar-refractivity contribution is 7.21. The van der Waals surface area contributed by atoms with Gasteiger partial charge in [0.2, 0.25) is 0 Å². The molecule has 0 aliphatic rings. The molecule has 0 spiro atoms. The van der Waals surface area contributed by atoms with Crippen LogP contribution in [0.25, 0.3) is 10.2 Å². The number of carbonyl (C=O) groups is 1. The van der Waals surface area contributed by atoms with Gasteiger partial charge in [-0.25, -0.2) is 4.98 Å². The van der Waals surface area contributed by atoms with Crippen molar-refractivity contribution in [3.8, 4) is 0 Å². The molecule has 2 aromatic heterocycles.